The lowest BCUT2D eigenvalue weighted by atomic mass is 10.1. The molecule has 0 fully saturated rings. The van der Waals surface area contributed by atoms with E-state index < -0.39 is 0 Å². The lowest BCUT2D eigenvalue weighted by molar-refractivity contribution is 0.0549. The SMILES string of the molecule is CCOC(C)C(N)c1c(OC)cnn1C. The predicted octanol–water partition coefficient (Wildman–Crippen LogP) is 0.854. The third-order valence-electron chi connectivity index (χ3n) is 2.42. The molecule has 1 heterocycles. The van der Waals surface area contributed by atoms with Gasteiger partial charge < -0.3 is 15.2 Å². The summed E-state index contributed by atoms with van der Waals surface area (Å²) in [6, 6.07) is -0.229. The molecule has 2 N–H and O–H groups in total. The molecular formula is C10H19N3O2. The average molecular weight is 213 g/mol. The van der Waals surface area contributed by atoms with E-state index in [0.29, 0.717) is 12.4 Å². The molecule has 5 nitrogen and oxygen atoms in total. The van der Waals surface area contributed by atoms with Crippen LogP contribution in [0.1, 0.15) is 25.6 Å². The van der Waals surface area contributed by atoms with Crippen LogP contribution in [0.25, 0.3) is 0 Å². The van der Waals surface area contributed by atoms with Crippen LogP contribution in [0.4, 0.5) is 0 Å². The Morgan fingerprint density at radius 3 is 2.80 bits per heavy atom. The molecule has 0 saturated carbocycles. The van der Waals surface area contributed by atoms with Crippen molar-refractivity contribution in [2.24, 2.45) is 12.8 Å². The van der Waals surface area contributed by atoms with Crippen LogP contribution >= 0.6 is 0 Å². The normalized spacial score (nSPS) is 15.0. The number of methoxy groups -OCH3 is 1. The first-order valence-corrected chi connectivity index (χ1v) is 5.04. The predicted molar refractivity (Wildman–Crippen MR) is 57.8 cm³/mol. The van der Waals surface area contributed by atoms with Crippen molar-refractivity contribution in [2.45, 2.75) is 26.0 Å². The zero-order valence-electron chi connectivity index (χ0n) is 9.73. The van der Waals surface area contributed by atoms with E-state index in [0.717, 1.165) is 5.69 Å². The molecule has 0 aromatic carbocycles. The van der Waals surface area contributed by atoms with Crippen molar-refractivity contribution in [3.8, 4) is 5.75 Å². The maximum absolute atomic E-state index is 6.08. The zero-order chi connectivity index (χ0) is 11.4. The molecule has 1 aromatic heterocycles. The summed E-state index contributed by atoms with van der Waals surface area (Å²) in [5.41, 5.74) is 6.94. The monoisotopic (exact) mass is 213 g/mol. The van der Waals surface area contributed by atoms with Gasteiger partial charge >= 0.3 is 0 Å². The summed E-state index contributed by atoms with van der Waals surface area (Å²) in [7, 11) is 3.45. The molecule has 0 aliphatic rings. The van der Waals surface area contributed by atoms with Gasteiger partial charge in [-0.05, 0) is 13.8 Å². The minimum absolute atomic E-state index is 0.0562. The Labute approximate surface area is 90.2 Å². The van der Waals surface area contributed by atoms with Crippen LogP contribution in [-0.2, 0) is 11.8 Å². The average Bonchev–Trinajstić information content (AvgIpc) is 2.58. The minimum atomic E-state index is -0.229. The Balaban J connectivity index is 2.88. The highest BCUT2D eigenvalue weighted by Crippen LogP contribution is 2.25. The maximum atomic E-state index is 6.08. The standard InChI is InChI=1S/C10H19N3O2/c1-5-15-7(2)9(11)10-8(14-4)6-12-13(10)3/h6-7,9H,5,11H2,1-4H3. The summed E-state index contributed by atoms with van der Waals surface area (Å²) in [6.45, 7) is 4.54. The Hall–Kier alpha value is -1.07. The number of nitrogens with two attached hydrogens (primary N) is 1. The Morgan fingerprint density at radius 1 is 1.60 bits per heavy atom. The molecule has 2 atom stereocenters. The van der Waals surface area contributed by atoms with Crippen molar-refractivity contribution >= 4 is 0 Å². The molecule has 0 aliphatic carbocycles. The minimum Gasteiger partial charge on any atom is -0.493 e. The van der Waals surface area contributed by atoms with E-state index in [-0.39, 0.29) is 12.1 Å². The van der Waals surface area contributed by atoms with Gasteiger partial charge in [-0.2, -0.15) is 5.10 Å². The fourth-order valence-corrected chi connectivity index (χ4v) is 1.55. The molecule has 86 valence electrons. The first-order chi connectivity index (χ1) is 7.11. The molecule has 0 saturated heterocycles. The molecule has 1 aromatic rings. The van der Waals surface area contributed by atoms with Crippen LogP contribution in [-0.4, -0.2) is 29.6 Å². The number of rotatable bonds is 5. The van der Waals surface area contributed by atoms with Crippen molar-refractivity contribution in [3.05, 3.63) is 11.9 Å². The van der Waals surface area contributed by atoms with E-state index in [1.807, 2.05) is 20.9 Å². The number of hydrogen-bond donors (Lipinski definition) is 1. The topological polar surface area (TPSA) is 62.3 Å². The summed E-state index contributed by atoms with van der Waals surface area (Å²) in [5.74, 6) is 0.705. The third-order valence-corrected chi connectivity index (χ3v) is 2.42. The molecule has 5 heteroatoms. The second-order valence-electron chi connectivity index (χ2n) is 3.41. The number of ether oxygens (including phenoxy) is 2. The fraction of sp³-hybridized carbons (Fsp3) is 0.700. The number of aromatic nitrogens is 2. The Morgan fingerprint density at radius 2 is 2.27 bits per heavy atom. The lowest BCUT2D eigenvalue weighted by Crippen LogP contribution is -2.28. The highest BCUT2D eigenvalue weighted by Gasteiger charge is 2.22. The van der Waals surface area contributed by atoms with E-state index in [1.165, 1.54) is 0 Å². The molecule has 0 spiro atoms. The van der Waals surface area contributed by atoms with Gasteiger partial charge in [0, 0.05) is 13.7 Å². The number of aryl methyl sites for hydroxylation is 1. The third kappa shape index (κ3) is 2.49. The van der Waals surface area contributed by atoms with E-state index in [1.54, 1.807) is 18.0 Å². The maximum Gasteiger partial charge on any atom is 0.161 e. The molecule has 0 bridgehead atoms. The molecular weight excluding hydrogens is 194 g/mol. The fourth-order valence-electron chi connectivity index (χ4n) is 1.55. The summed E-state index contributed by atoms with van der Waals surface area (Å²) in [5, 5.41) is 4.11. The summed E-state index contributed by atoms with van der Waals surface area (Å²) >= 11 is 0. The second-order valence-corrected chi connectivity index (χ2v) is 3.41. The first kappa shape index (κ1) is 12.0. The molecule has 1 rings (SSSR count). The van der Waals surface area contributed by atoms with Crippen molar-refractivity contribution in [3.63, 3.8) is 0 Å². The van der Waals surface area contributed by atoms with Crippen molar-refractivity contribution in [1.29, 1.82) is 0 Å². The molecule has 15 heavy (non-hydrogen) atoms. The van der Waals surface area contributed by atoms with Crippen molar-refractivity contribution in [1.82, 2.24) is 9.78 Å². The van der Waals surface area contributed by atoms with Gasteiger partial charge in [0.25, 0.3) is 0 Å². The Kier molecular flexibility index (Phi) is 4.11. The van der Waals surface area contributed by atoms with Crippen LogP contribution in [0, 0.1) is 0 Å². The van der Waals surface area contributed by atoms with Crippen LogP contribution in [0.3, 0.4) is 0 Å². The quantitative estimate of drug-likeness (QED) is 0.787. The number of hydrogen-bond acceptors (Lipinski definition) is 4. The second kappa shape index (κ2) is 5.14. The summed E-state index contributed by atoms with van der Waals surface area (Å²) in [4.78, 5) is 0. The molecule has 0 radical (unpaired) electrons. The summed E-state index contributed by atoms with van der Waals surface area (Å²) < 4.78 is 12.4. The van der Waals surface area contributed by atoms with E-state index >= 15 is 0 Å². The number of nitrogens with zero attached hydrogens (tertiary/aromatic N) is 2. The van der Waals surface area contributed by atoms with Gasteiger partial charge in [-0.25, -0.2) is 0 Å². The molecule has 0 aliphatic heterocycles. The Bertz CT molecular complexity index is 312. The largest absolute Gasteiger partial charge is 0.493 e. The smallest absolute Gasteiger partial charge is 0.161 e. The zero-order valence-corrected chi connectivity index (χ0v) is 9.73. The van der Waals surface area contributed by atoms with Gasteiger partial charge in [0.2, 0.25) is 0 Å². The molecule has 2 unspecified atom stereocenters. The van der Waals surface area contributed by atoms with Crippen LogP contribution in [0.2, 0.25) is 0 Å². The van der Waals surface area contributed by atoms with E-state index in [4.69, 9.17) is 15.2 Å². The van der Waals surface area contributed by atoms with Gasteiger partial charge in [-0.3, -0.25) is 4.68 Å². The van der Waals surface area contributed by atoms with Crippen LogP contribution < -0.4 is 10.5 Å². The first-order valence-electron chi connectivity index (χ1n) is 5.04. The molecule has 0 amide bonds. The van der Waals surface area contributed by atoms with Crippen molar-refractivity contribution < 1.29 is 9.47 Å². The van der Waals surface area contributed by atoms with E-state index in [2.05, 4.69) is 5.10 Å². The lowest BCUT2D eigenvalue weighted by Gasteiger charge is -2.20. The van der Waals surface area contributed by atoms with Crippen LogP contribution in [0.15, 0.2) is 6.20 Å². The van der Waals surface area contributed by atoms with Crippen molar-refractivity contribution in [2.75, 3.05) is 13.7 Å². The highest BCUT2D eigenvalue weighted by molar-refractivity contribution is 5.28. The van der Waals surface area contributed by atoms with E-state index in [9.17, 15) is 0 Å². The van der Waals surface area contributed by atoms with Crippen LogP contribution in [0.5, 0.6) is 5.75 Å². The highest BCUT2D eigenvalue weighted by atomic mass is 16.5. The van der Waals surface area contributed by atoms with Gasteiger partial charge in [0.1, 0.15) is 0 Å². The van der Waals surface area contributed by atoms with Gasteiger partial charge in [0.15, 0.2) is 5.75 Å². The van der Waals surface area contributed by atoms with Gasteiger partial charge in [-0.1, -0.05) is 0 Å². The van der Waals surface area contributed by atoms with Gasteiger partial charge in [-0.15, -0.1) is 0 Å². The van der Waals surface area contributed by atoms with Gasteiger partial charge in [0.05, 0.1) is 31.1 Å². The summed E-state index contributed by atoms with van der Waals surface area (Å²) in [6.07, 6.45) is 1.60.